The molecule has 7 heteroatoms. The minimum Gasteiger partial charge on any atom is -0.324 e. The molecule has 0 bridgehead atoms. The molecule has 5 nitrogen and oxygen atoms in total. The highest BCUT2D eigenvalue weighted by Gasteiger charge is 2.10. The lowest BCUT2D eigenvalue weighted by molar-refractivity contribution is -0.117. The Balaban J connectivity index is 1.81. The van der Waals surface area contributed by atoms with Crippen LogP contribution in [0.25, 0.3) is 11.3 Å². The lowest BCUT2D eigenvalue weighted by Gasteiger charge is -2.10. The Bertz CT molecular complexity index is 1020. The van der Waals surface area contributed by atoms with Crippen LogP contribution in [0.2, 0.25) is 5.02 Å². The van der Waals surface area contributed by atoms with E-state index in [1.165, 1.54) is 24.3 Å². The molecule has 0 radical (unpaired) electrons. The quantitative estimate of drug-likeness (QED) is 0.761. The number of amides is 1. The number of hydrogen-bond acceptors (Lipinski definition) is 3. The summed E-state index contributed by atoms with van der Waals surface area (Å²) in [7, 11) is 0. The van der Waals surface area contributed by atoms with Gasteiger partial charge in [0, 0.05) is 22.3 Å². The van der Waals surface area contributed by atoms with Gasteiger partial charge in [-0.05, 0) is 55.0 Å². The Hall–Kier alpha value is -2.99. The van der Waals surface area contributed by atoms with E-state index in [2.05, 4.69) is 10.4 Å². The van der Waals surface area contributed by atoms with Crippen molar-refractivity contribution in [2.24, 2.45) is 0 Å². The van der Waals surface area contributed by atoms with Crippen molar-refractivity contribution < 1.29 is 9.18 Å². The molecule has 1 amide bonds. The zero-order valence-electron chi connectivity index (χ0n) is 13.9. The number of anilines is 1. The van der Waals surface area contributed by atoms with Crippen LogP contribution in [0.5, 0.6) is 0 Å². The van der Waals surface area contributed by atoms with Gasteiger partial charge >= 0.3 is 0 Å². The van der Waals surface area contributed by atoms with Gasteiger partial charge in [0.2, 0.25) is 5.91 Å². The smallest absolute Gasteiger partial charge is 0.267 e. The van der Waals surface area contributed by atoms with Crippen molar-refractivity contribution >= 4 is 23.2 Å². The zero-order chi connectivity index (χ0) is 18.7. The minimum atomic E-state index is -0.408. The predicted molar refractivity (Wildman–Crippen MR) is 98.7 cm³/mol. The van der Waals surface area contributed by atoms with E-state index in [0.717, 1.165) is 10.2 Å². The van der Waals surface area contributed by atoms with Crippen LogP contribution in [-0.2, 0) is 11.3 Å². The van der Waals surface area contributed by atoms with Gasteiger partial charge in [0.15, 0.2) is 0 Å². The number of hydrogen-bond donors (Lipinski definition) is 1. The van der Waals surface area contributed by atoms with E-state index in [1.54, 1.807) is 30.3 Å². The number of rotatable bonds is 4. The highest BCUT2D eigenvalue weighted by Crippen LogP contribution is 2.20. The van der Waals surface area contributed by atoms with Crippen LogP contribution in [0, 0.1) is 12.7 Å². The number of nitrogens with one attached hydrogen (secondary N) is 1. The molecule has 3 aromatic rings. The van der Waals surface area contributed by atoms with Gasteiger partial charge in [0.1, 0.15) is 12.4 Å². The van der Waals surface area contributed by atoms with E-state index in [4.69, 9.17) is 11.6 Å². The second-order valence-electron chi connectivity index (χ2n) is 5.73. The third kappa shape index (κ3) is 4.15. The molecular formula is C19H15ClFN3O2. The van der Waals surface area contributed by atoms with E-state index >= 15 is 0 Å². The van der Waals surface area contributed by atoms with Gasteiger partial charge in [-0.15, -0.1) is 0 Å². The standard InChI is InChI=1S/C19H15ClFN3O2/c1-12-2-5-14(20)10-17(12)22-18(25)11-24-19(26)9-8-16(23-24)13-3-6-15(21)7-4-13/h2-10H,11H2,1H3,(H,22,25). The van der Waals surface area contributed by atoms with Gasteiger partial charge in [0.25, 0.3) is 5.56 Å². The predicted octanol–water partition coefficient (Wildman–Crippen LogP) is 3.65. The summed E-state index contributed by atoms with van der Waals surface area (Å²) in [4.78, 5) is 24.3. The van der Waals surface area contributed by atoms with Crippen LogP contribution in [0.4, 0.5) is 10.1 Å². The van der Waals surface area contributed by atoms with Crippen molar-refractivity contribution in [3.8, 4) is 11.3 Å². The number of aryl methyl sites for hydroxylation is 1. The molecule has 1 N–H and O–H groups in total. The molecular weight excluding hydrogens is 357 g/mol. The maximum absolute atomic E-state index is 13.0. The summed E-state index contributed by atoms with van der Waals surface area (Å²) in [5.74, 6) is -0.764. The maximum atomic E-state index is 13.0. The average molecular weight is 372 g/mol. The molecule has 0 fully saturated rings. The summed E-state index contributed by atoms with van der Waals surface area (Å²) in [6.07, 6.45) is 0. The molecule has 1 aromatic heterocycles. The van der Waals surface area contributed by atoms with Crippen molar-refractivity contribution in [2.75, 3.05) is 5.32 Å². The Morgan fingerprint density at radius 3 is 2.62 bits per heavy atom. The lowest BCUT2D eigenvalue weighted by Crippen LogP contribution is -2.29. The Kier molecular flexibility index (Phi) is 5.14. The van der Waals surface area contributed by atoms with Gasteiger partial charge in [0.05, 0.1) is 5.69 Å². The number of nitrogens with zero attached hydrogens (tertiary/aromatic N) is 2. The number of halogens is 2. The first-order valence-electron chi connectivity index (χ1n) is 7.82. The Morgan fingerprint density at radius 2 is 1.88 bits per heavy atom. The van der Waals surface area contributed by atoms with Crippen LogP contribution >= 0.6 is 11.6 Å². The average Bonchev–Trinajstić information content (AvgIpc) is 2.61. The van der Waals surface area contributed by atoms with E-state index in [9.17, 15) is 14.0 Å². The molecule has 0 aliphatic heterocycles. The summed E-state index contributed by atoms with van der Waals surface area (Å²) < 4.78 is 14.1. The van der Waals surface area contributed by atoms with Crippen molar-refractivity contribution in [3.63, 3.8) is 0 Å². The summed E-state index contributed by atoms with van der Waals surface area (Å²) in [6, 6.07) is 13.7. The number of benzene rings is 2. The molecule has 0 atom stereocenters. The fraction of sp³-hybridized carbons (Fsp3) is 0.105. The van der Waals surface area contributed by atoms with Crippen molar-refractivity contribution in [1.29, 1.82) is 0 Å². The van der Waals surface area contributed by atoms with Crippen molar-refractivity contribution in [2.45, 2.75) is 13.5 Å². The lowest BCUT2D eigenvalue weighted by atomic mass is 10.1. The number of carbonyl (C=O) groups excluding carboxylic acids is 1. The second kappa shape index (κ2) is 7.49. The van der Waals surface area contributed by atoms with Crippen molar-refractivity contribution in [3.05, 3.63) is 81.4 Å². The highest BCUT2D eigenvalue weighted by molar-refractivity contribution is 6.31. The summed E-state index contributed by atoms with van der Waals surface area (Å²) in [5.41, 5.74) is 2.13. The molecule has 0 unspecified atom stereocenters. The van der Waals surface area contributed by atoms with Gasteiger partial charge in [-0.3, -0.25) is 9.59 Å². The van der Waals surface area contributed by atoms with Gasteiger partial charge < -0.3 is 5.32 Å². The molecule has 132 valence electrons. The molecule has 3 rings (SSSR count). The van der Waals surface area contributed by atoms with E-state index in [-0.39, 0.29) is 12.4 Å². The topological polar surface area (TPSA) is 64.0 Å². The van der Waals surface area contributed by atoms with E-state index < -0.39 is 11.5 Å². The van der Waals surface area contributed by atoms with Crippen molar-refractivity contribution in [1.82, 2.24) is 9.78 Å². The Labute approximate surface area is 154 Å². The molecule has 0 aliphatic rings. The van der Waals surface area contributed by atoms with Crippen LogP contribution in [0.3, 0.4) is 0 Å². The van der Waals surface area contributed by atoms with Crippen LogP contribution in [0.1, 0.15) is 5.56 Å². The fourth-order valence-corrected chi connectivity index (χ4v) is 2.56. The molecule has 1 heterocycles. The first kappa shape index (κ1) is 17.8. The largest absolute Gasteiger partial charge is 0.324 e. The molecule has 2 aromatic carbocycles. The molecule has 26 heavy (non-hydrogen) atoms. The summed E-state index contributed by atoms with van der Waals surface area (Å²) in [6.45, 7) is 1.59. The molecule has 0 saturated carbocycles. The van der Waals surface area contributed by atoms with Crippen LogP contribution in [-0.4, -0.2) is 15.7 Å². The van der Waals surface area contributed by atoms with Gasteiger partial charge in [-0.2, -0.15) is 5.10 Å². The normalized spacial score (nSPS) is 10.6. The second-order valence-corrected chi connectivity index (χ2v) is 6.17. The first-order chi connectivity index (χ1) is 12.4. The highest BCUT2D eigenvalue weighted by atomic mass is 35.5. The zero-order valence-corrected chi connectivity index (χ0v) is 14.6. The first-order valence-corrected chi connectivity index (χ1v) is 8.20. The molecule has 0 saturated heterocycles. The Morgan fingerprint density at radius 1 is 1.15 bits per heavy atom. The fourth-order valence-electron chi connectivity index (χ4n) is 2.39. The summed E-state index contributed by atoms with van der Waals surface area (Å²) >= 11 is 5.94. The van der Waals surface area contributed by atoms with E-state index in [0.29, 0.717) is 22.0 Å². The number of aromatic nitrogens is 2. The van der Waals surface area contributed by atoms with Gasteiger partial charge in [-0.1, -0.05) is 17.7 Å². The SMILES string of the molecule is Cc1ccc(Cl)cc1NC(=O)Cn1nc(-c2ccc(F)cc2)ccc1=O. The third-order valence-corrected chi connectivity index (χ3v) is 4.01. The minimum absolute atomic E-state index is 0.250. The third-order valence-electron chi connectivity index (χ3n) is 3.77. The maximum Gasteiger partial charge on any atom is 0.267 e. The summed E-state index contributed by atoms with van der Waals surface area (Å²) in [5, 5.41) is 7.41. The monoisotopic (exact) mass is 371 g/mol. The number of carbonyl (C=O) groups is 1. The van der Waals surface area contributed by atoms with Gasteiger partial charge in [-0.25, -0.2) is 9.07 Å². The molecule has 0 spiro atoms. The van der Waals surface area contributed by atoms with Crippen LogP contribution in [0.15, 0.2) is 59.4 Å². The van der Waals surface area contributed by atoms with Crippen LogP contribution < -0.4 is 10.9 Å². The van der Waals surface area contributed by atoms with E-state index in [1.807, 2.05) is 6.92 Å². The molecule has 0 aliphatic carbocycles.